The van der Waals surface area contributed by atoms with Crippen LogP contribution in [0.5, 0.6) is 5.88 Å². The van der Waals surface area contributed by atoms with Gasteiger partial charge >= 0.3 is 5.97 Å². The van der Waals surface area contributed by atoms with E-state index in [0.717, 1.165) is 61.0 Å². The van der Waals surface area contributed by atoms with E-state index < -0.39 is 11.8 Å². The number of carboxylic acids is 1. The molecule has 10 heteroatoms. The van der Waals surface area contributed by atoms with Gasteiger partial charge in [0, 0.05) is 49.0 Å². The molecule has 1 aromatic carbocycles. The maximum absolute atomic E-state index is 14.2. The van der Waals surface area contributed by atoms with Crippen molar-refractivity contribution in [2.45, 2.75) is 45.1 Å². The van der Waals surface area contributed by atoms with Crippen LogP contribution in [0, 0.1) is 17.1 Å². The number of benzene rings is 1. The Kier molecular flexibility index (Phi) is 7.15. The number of nitriles is 1. The fourth-order valence-corrected chi connectivity index (χ4v) is 5.21. The molecule has 0 bridgehead atoms. The normalized spacial score (nSPS) is 18.4. The Hall–Kier alpha value is -4.33. The van der Waals surface area contributed by atoms with Crippen molar-refractivity contribution in [1.29, 1.82) is 5.26 Å². The molecule has 9 nitrogen and oxygen atoms in total. The predicted octanol–water partition coefficient (Wildman–Crippen LogP) is 3.97. The van der Waals surface area contributed by atoms with Gasteiger partial charge in [-0.05, 0) is 42.7 Å². The van der Waals surface area contributed by atoms with Crippen molar-refractivity contribution in [2.75, 3.05) is 19.7 Å². The summed E-state index contributed by atoms with van der Waals surface area (Å²) in [6.45, 7) is 3.69. The zero-order valence-corrected chi connectivity index (χ0v) is 21.8. The van der Waals surface area contributed by atoms with Gasteiger partial charge < -0.3 is 19.1 Å². The number of carboxylic acid groups (broad SMARTS) is 1. The minimum absolute atomic E-state index is 0.0203. The number of fused-ring (bicyclic) bond motifs is 1. The zero-order chi connectivity index (χ0) is 27.6. The highest BCUT2D eigenvalue weighted by molar-refractivity contribution is 5.94. The first-order valence-corrected chi connectivity index (χ1v) is 13.3. The van der Waals surface area contributed by atoms with Crippen molar-refractivity contribution in [1.82, 2.24) is 19.4 Å². The number of ether oxygens (including phenoxy) is 2. The zero-order valence-electron chi connectivity index (χ0n) is 21.8. The SMILES string of the molecule is N#Cc1ccc(COc2cccc(C3=CCN(Cc4nc5c(n4C[C@@H]4CCO4)CC(C(=O)O)=C5)CC3)n2)c(F)c1. The van der Waals surface area contributed by atoms with Gasteiger partial charge in [-0.2, -0.15) is 5.26 Å². The summed E-state index contributed by atoms with van der Waals surface area (Å²) in [7, 11) is 0. The van der Waals surface area contributed by atoms with E-state index in [2.05, 4.69) is 20.5 Å². The molecule has 4 heterocycles. The lowest BCUT2D eigenvalue weighted by Gasteiger charge is -2.30. The molecule has 0 spiro atoms. The molecule has 0 unspecified atom stereocenters. The minimum atomic E-state index is -0.899. The highest BCUT2D eigenvalue weighted by atomic mass is 19.1. The minimum Gasteiger partial charge on any atom is -0.478 e. The highest BCUT2D eigenvalue weighted by Gasteiger charge is 2.29. The maximum atomic E-state index is 14.2. The van der Waals surface area contributed by atoms with Gasteiger partial charge in [0.25, 0.3) is 0 Å². The van der Waals surface area contributed by atoms with E-state index in [0.29, 0.717) is 36.5 Å². The Labute approximate surface area is 230 Å². The van der Waals surface area contributed by atoms with Gasteiger partial charge in [0.2, 0.25) is 5.88 Å². The third-order valence-corrected chi connectivity index (χ3v) is 7.57. The number of nitrogens with zero attached hydrogens (tertiary/aromatic N) is 5. The lowest BCUT2D eigenvalue weighted by Crippen LogP contribution is -2.34. The Bertz CT molecular complexity index is 1570. The number of hydrogen-bond acceptors (Lipinski definition) is 7. The third kappa shape index (κ3) is 5.39. The van der Waals surface area contributed by atoms with E-state index in [-0.39, 0.29) is 18.3 Å². The van der Waals surface area contributed by atoms with Crippen molar-refractivity contribution in [3.63, 3.8) is 0 Å². The summed E-state index contributed by atoms with van der Waals surface area (Å²) in [5, 5.41) is 18.3. The molecule has 0 amide bonds. The monoisotopic (exact) mass is 541 g/mol. The first-order chi connectivity index (χ1) is 19.5. The number of aliphatic carboxylic acids is 1. The second-order valence-corrected chi connectivity index (χ2v) is 10.2. The number of halogens is 1. The maximum Gasteiger partial charge on any atom is 0.332 e. The first kappa shape index (κ1) is 25.9. The number of carbonyl (C=O) groups is 1. The van der Waals surface area contributed by atoms with E-state index in [1.54, 1.807) is 24.3 Å². The molecule has 0 saturated carbocycles. The summed E-state index contributed by atoms with van der Waals surface area (Å²) in [5.41, 5.74) is 4.66. The molecule has 6 rings (SSSR count). The number of imidazole rings is 1. The summed E-state index contributed by atoms with van der Waals surface area (Å²) in [5.74, 6) is -0.0337. The van der Waals surface area contributed by atoms with Gasteiger partial charge in [-0.15, -0.1) is 0 Å². The van der Waals surface area contributed by atoms with E-state index in [1.165, 1.54) is 6.07 Å². The second-order valence-electron chi connectivity index (χ2n) is 10.2. The average Bonchev–Trinajstić information content (AvgIpc) is 3.49. The van der Waals surface area contributed by atoms with Crippen LogP contribution in [0.2, 0.25) is 0 Å². The standard InChI is InChI=1S/C30H28FN5O4/c31-24-12-19(15-32)4-5-21(24)18-40-29-3-1-2-25(34-29)20-6-9-35(10-7-20)17-28-33-26-13-22(30(37)38)14-27(26)36(28)16-23-8-11-39-23/h1-6,12-13,23H,7-11,14,16-18H2,(H,37,38)/t23-/m0/s1. The average molecular weight is 542 g/mol. The molecule has 1 saturated heterocycles. The molecule has 3 aliphatic rings. The molecular weight excluding hydrogens is 513 g/mol. The lowest BCUT2D eigenvalue weighted by molar-refractivity contribution is -0.132. The Morgan fingerprint density at radius 2 is 2.15 bits per heavy atom. The van der Waals surface area contributed by atoms with Crippen LogP contribution in [-0.4, -0.2) is 56.3 Å². The topological polar surface area (TPSA) is 114 Å². The molecule has 40 heavy (non-hydrogen) atoms. The van der Waals surface area contributed by atoms with Crippen LogP contribution < -0.4 is 4.74 Å². The van der Waals surface area contributed by atoms with Crippen LogP contribution in [0.4, 0.5) is 4.39 Å². The molecule has 204 valence electrons. The fourth-order valence-electron chi connectivity index (χ4n) is 5.21. The summed E-state index contributed by atoms with van der Waals surface area (Å²) in [4.78, 5) is 23.3. The Morgan fingerprint density at radius 1 is 1.27 bits per heavy atom. The van der Waals surface area contributed by atoms with Crippen LogP contribution >= 0.6 is 0 Å². The predicted molar refractivity (Wildman–Crippen MR) is 143 cm³/mol. The van der Waals surface area contributed by atoms with Crippen LogP contribution in [0.15, 0.2) is 48.0 Å². The Morgan fingerprint density at radius 3 is 2.85 bits per heavy atom. The van der Waals surface area contributed by atoms with Crippen LogP contribution in [0.25, 0.3) is 11.6 Å². The van der Waals surface area contributed by atoms with Crippen LogP contribution in [0.3, 0.4) is 0 Å². The molecule has 3 aromatic rings. The molecule has 1 N–H and O–H groups in total. The number of rotatable bonds is 9. The van der Waals surface area contributed by atoms with Gasteiger partial charge in [0.05, 0.1) is 42.2 Å². The molecule has 1 atom stereocenters. The van der Waals surface area contributed by atoms with Crippen molar-refractivity contribution < 1.29 is 23.8 Å². The van der Waals surface area contributed by atoms with Crippen LogP contribution in [-0.2, 0) is 35.6 Å². The number of pyridine rings is 1. The largest absolute Gasteiger partial charge is 0.478 e. The van der Waals surface area contributed by atoms with E-state index in [9.17, 15) is 14.3 Å². The van der Waals surface area contributed by atoms with Gasteiger partial charge in [-0.1, -0.05) is 18.2 Å². The number of aromatic nitrogens is 3. The molecular formula is C30H28FN5O4. The summed E-state index contributed by atoms with van der Waals surface area (Å²) >= 11 is 0. The van der Waals surface area contributed by atoms with E-state index in [1.807, 2.05) is 18.2 Å². The third-order valence-electron chi connectivity index (χ3n) is 7.57. The van der Waals surface area contributed by atoms with Crippen molar-refractivity contribution in [3.8, 4) is 11.9 Å². The first-order valence-electron chi connectivity index (χ1n) is 13.3. The van der Waals surface area contributed by atoms with Gasteiger partial charge in [-0.3, -0.25) is 4.90 Å². The summed E-state index contributed by atoms with van der Waals surface area (Å²) < 4.78 is 27.8. The smallest absolute Gasteiger partial charge is 0.332 e. The highest BCUT2D eigenvalue weighted by Crippen LogP contribution is 2.30. The fraction of sp³-hybridized carbons (Fsp3) is 0.333. The van der Waals surface area contributed by atoms with Crippen LogP contribution in [0.1, 0.15) is 46.9 Å². The van der Waals surface area contributed by atoms with Gasteiger partial charge in [0.15, 0.2) is 0 Å². The quantitative estimate of drug-likeness (QED) is 0.433. The second kappa shape index (κ2) is 11.0. The summed E-state index contributed by atoms with van der Waals surface area (Å²) in [6, 6.07) is 11.8. The van der Waals surface area contributed by atoms with Gasteiger partial charge in [0.1, 0.15) is 18.2 Å². The molecule has 2 aliphatic heterocycles. The van der Waals surface area contributed by atoms with Crippen molar-refractivity contribution >= 4 is 17.6 Å². The van der Waals surface area contributed by atoms with Crippen molar-refractivity contribution in [3.05, 3.63) is 87.9 Å². The van der Waals surface area contributed by atoms with E-state index >= 15 is 0 Å². The number of hydrogen-bond donors (Lipinski definition) is 1. The van der Waals surface area contributed by atoms with Crippen molar-refractivity contribution in [2.24, 2.45) is 0 Å². The lowest BCUT2D eigenvalue weighted by atomic mass is 10.0. The molecule has 1 fully saturated rings. The molecule has 1 aliphatic carbocycles. The summed E-state index contributed by atoms with van der Waals surface area (Å²) in [6.07, 6.45) is 6.18. The Balaban J connectivity index is 1.11. The van der Waals surface area contributed by atoms with Gasteiger partial charge in [-0.25, -0.2) is 19.2 Å². The molecule has 0 radical (unpaired) electrons. The molecule has 2 aromatic heterocycles. The van der Waals surface area contributed by atoms with E-state index in [4.69, 9.17) is 19.7 Å².